The highest BCUT2D eigenvalue weighted by molar-refractivity contribution is 5.88. The van der Waals surface area contributed by atoms with Crippen LogP contribution >= 0.6 is 0 Å². The standard InChI is InChI=1S/C50H60N10O7/c1-27(2)39(56-48(64)66-5)46(62)59-21-9-11-37(59)43-51-26-36(54-43)29-13-15-30(16-14-29)42-53-35-25-50(19-7-8-20-50)24-33(35)41(55-42)31-17-18-34-32(23-31)45(61)58-44(52-34)38-12-10-22-60(38)47(63)40(28(3)4)57-49(65)67-6/h13-18,23,26-28,37-40H,7-12,19-22,24-25H2,1-6H3,(H,51,54)(H,56,64)(H,57,65)(H,52,58,61). The summed E-state index contributed by atoms with van der Waals surface area (Å²) in [6, 6.07) is 11.6. The largest absolute Gasteiger partial charge is 0.453 e. The maximum atomic E-state index is 14.0. The Hall–Kier alpha value is -6.65. The number of ether oxygens (including phenoxy) is 2. The second-order valence-electron chi connectivity index (χ2n) is 19.4. The van der Waals surface area contributed by atoms with Gasteiger partial charge in [0.15, 0.2) is 5.82 Å². The molecule has 67 heavy (non-hydrogen) atoms. The van der Waals surface area contributed by atoms with E-state index in [0.29, 0.717) is 47.9 Å². The van der Waals surface area contributed by atoms with Crippen LogP contribution in [0, 0.1) is 17.3 Å². The van der Waals surface area contributed by atoms with E-state index >= 15 is 0 Å². The second kappa shape index (κ2) is 18.6. The summed E-state index contributed by atoms with van der Waals surface area (Å²) in [5.41, 5.74) is 6.79. The molecule has 3 aromatic heterocycles. The van der Waals surface area contributed by atoms with E-state index in [4.69, 9.17) is 29.4 Å². The van der Waals surface area contributed by atoms with Crippen molar-refractivity contribution in [2.75, 3.05) is 27.3 Å². The van der Waals surface area contributed by atoms with Gasteiger partial charge in [0.05, 0.1) is 54.8 Å². The van der Waals surface area contributed by atoms with Crippen LogP contribution in [0.3, 0.4) is 0 Å². The van der Waals surface area contributed by atoms with Crippen LogP contribution in [0.1, 0.15) is 114 Å². The third-order valence-electron chi connectivity index (χ3n) is 14.4. The fraction of sp³-hybridized carbons (Fsp3) is 0.500. The number of amides is 4. The molecule has 0 radical (unpaired) electrons. The third kappa shape index (κ3) is 8.87. The van der Waals surface area contributed by atoms with Crippen LogP contribution in [-0.4, -0.2) is 103 Å². The van der Waals surface area contributed by atoms with Crippen molar-refractivity contribution in [3.63, 3.8) is 0 Å². The van der Waals surface area contributed by atoms with Crippen molar-refractivity contribution >= 4 is 34.9 Å². The van der Waals surface area contributed by atoms with E-state index in [0.717, 1.165) is 84.3 Å². The number of nitrogens with zero attached hydrogens (tertiary/aromatic N) is 6. The minimum absolute atomic E-state index is 0.130. The molecule has 4 N–H and O–H groups in total. The Labute approximate surface area is 389 Å². The number of imidazole rings is 1. The van der Waals surface area contributed by atoms with E-state index in [9.17, 15) is 24.0 Å². The smallest absolute Gasteiger partial charge is 0.407 e. The summed E-state index contributed by atoms with van der Waals surface area (Å²) in [7, 11) is 2.55. The van der Waals surface area contributed by atoms with Crippen molar-refractivity contribution in [2.24, 2.45) is 17.3 Å². The molecule has 4 unspecified atom stereocenters. The summed E-state index contributed by atoms with van der Waals surface area (Å²) in [4.78, 5) is 95.8. The number of rotatable bonds is 11. The van der Waals surface area contributed by atoms with Crippen LogP contribution in [0.5, 0.6) is 0 Å². The number of benzene rings is 2. The lowest BCUT2D eigenvalue weighted by Gasteiger charge is -2.30. The summed E-state index contributed by atoms with van der Waals surface area (Å²) < 4.78 is 9.58. The molecular formula is C50H60N10O7. The van der Waals surface area contributed by atoms with Crippen molar-refractivity contribution in [1.29, 1.82) is 0 Å². The summed E-state index contributed by atoms with van der Waals surface area (Å²) in [6.07, 6.45) is 9.89. The highest BCUT2D eigenvalue weighted by Gasteiger charge is 2.43. The Morgan fingerprint density at radius 1 is 0.716 bits per heavy atom. The number of hydrogen-bond acceptors (Lipinski definition) is 11. The molecule has 0 bridgehead atoms. The molecule has 9 rings (SSSR count). The Morgan fingerprint density at radius 2 is 1.30 bits per heavy atom. The first-order valence-electron chi connectivity index (χ1n) is 23.7. The van der Waals surface area contributed by atoms with Gasteiger partial charge in [-0.2, -0.15) is 0 Å². The number of aromatic amines is 2. The van der Waals surface area contributed by atoms with Gasteiger partial charge in [0.1, 0.15) is 23.7 Å². The second-order valence-corrected chi connectivity index (χ2v) is 19.4. The van der Waals surface area contributed by atoms with Gasteiger partial charge in [-0.15, -0.1) is 0 Å². The number of aromatic nitrogens is 6. The van der Waals surface area contributed by atoms with Gasteiger partial charge in [0.25, 0.3) is 5.56 Å². The van der Waals surface area contributed by atoms with Crippen LogP contribution in [0.25, 0.3) is 44.8 Å². The predicted molar refractivity (Wildman–Crippen MR) is 250 cm³/mol. The summed E-state index contributed by atoms with van der Waals surface area (Å²) >= 11 is 0. The highest BCUT2D eigenvalue weighted by atomic mass is 16.5. The van der Waals surface area contributed by atoms with E-state index in [1.165, 1.54) is 27.1 Å². The Morgan fingerprint density at radius 3 is 1.90 bits per heavy atom. The number of hydrogen-bond donors (Lipinski definition) is 4. The van der Waals surface area contributed by atoms with E-state index in [-0.39, 0.29) is 40.7 Å². The van der Waals surface area contributed by atoms with Crippen molar-refractivity contribution < 1.29 is 28.7 Å². The SMILES string of the molecule is COC(=O)NC(C(=O)N1CCCC1c1ncc(-c2ccc(-c3nc4c(c(-c5ccc6nc(C7CCCN7C(=O)C(NC(=O)OC)C(C)C)[nH]c(=O)c6c5)n3)CC3(CCCC3)C4)cc2)[nH]1)C(C)C. The van der Waals surface area contributed by atoms with Gasteiger partial charge in [-0.3, -0.25) is 14.4 Å². The first kappa shape index (κ1) is 45.5. The molecule has 2 saturated heterocycles. The lowest BCUT2D eigenvalue weighted by Crippen LogP contribution is -2.51. The number of methoxy groups -OCH3 is 2. The van der Waals surface area contributed by atoms with E-state index in [1.54, 1.807) is 16.0 Å². The molecular weight excluding hydrogens is 853 g/mol. The maximum Gasteiger partial charge on any atom is 0.407 e. The fourth-order valence-corrected chi connectivity index (χ4v) is 10.8. The third-order valence-corrected chi connectivity index (χ3v) is 14.4. The summed E-state index contributed by atoms with van der Waals surface area (Å²) in [5.74, 6) is 1.00. The number of alkyl carbamates (subject to hydrolysis) is 2. The first-order chi connectivity index (χ1) is 32.3. The molecule has 5 aromatic rings. The van der Waals surface area contributed by atoms with Gasteiger partial charge in [0.2, 0.25) is 11.8 Å². The quantitative estimate of drug-likeness (QED) is 0.104. The van der Waals surface area contributed by atoms with Crippen LogP contribution in [0.15, 0.2) is 53.5 Å². The molecule has 3 fully saturated rings. The van der Waals surface area contributed by atoms with Crippen molar-refractivity contribution in [3.05, 3.63) is 81.9 Å². The number of carbonyl (C=O) groups excluding carboxylic acids is 4. The zero-order valence-corrected chi connectivity index (χ0v) is 39.1. The summed E-state index contributed by atoms with van der Waals surface area (Å²) in [6.45, 7) is 8.57. The Balaban J connectivity index is 0.989. The van der Waals surface area contributed by atoms with E-state index < -0.39 is 30.3 Å². The fourth-order valence-electron chi connectivity index (χ4n) is 10.8. The van der Waals surface area contributed by atoms with Crippen molar-refractivity contribution in [2.45, 2.75) is 116 Å². The van der Waals surface area contributed by atoms with Gasteiger partial charge in [0, 0.05) is 35.5 Å². The minimum atomic E-state index is -0.787. The molecule has 17 nitrogen and oxygen atoms in total. The van der Waals surface area contributed by atoms with Gasteiger partial charge >= 0.3 is 12.2 Å². The molecule has 2 aromatic carbocycles. The first-order valence-corrected chi connectivity index (χ1v) is 23.7. The Bertz CT molecular complexity index is 2760. The van der Waals surface area contributed by atoms with E-state index in [1.807, 2.05) is 70.2 Å². The number of likely N-dealkylation sites (tertiary alicyclic amines) is 2. The van der Waals surface area contributed by atoms with Crippen LogP contribution in [0.2, 0.25) is 0 Å². The molecule has 2 aliphatic heterocycles. The lowest BCUT2D eigenvalue weighted by atomic mass is 9.83. The average molecular weight is 913 g/mol. The molecule has 4 aliphatic rings. The van der Waals surface area contributed by atoms with Gasteiger partial charge in [-0.1, -0.05) is 70.9 Å². The monoisotopic (exact) mass is 912 g/mol. The predicted octanol–water partition coefficient (Wildman–Crippen LogP) is 7.18. The number of carbonyl (C=O) groups is 4. The van der Waals surface area contributed by atoms with Crippen molar-refractivity contribution in [1.82, 2.24) is 50.3 Å². The zero-order chi connectivity index (χ0) is 47.1. The molecule has 4 amide bonds. The number of nitrogens with one attached hydrogen (secondary N) is 4. The number of H-pyrrole nitrogens is 2. The highest BCUT2D eigenvalue weighted by Crippen LogP contribution is 2.50. The number of fused-ring (bicyclic) bond motifs is 2. The molecule has 4 atom stereocenters. The van der Waals surface area contributed by atoms with Gasteiger partial charge in [-0.25, -0.2) is 29.5 Å². The van der Waals surface area contributed by atoms with E-state index in [2.05, 4.69) is 20.6 Å². The molecule has 17 heteroatoms. The average Bonchev–Trinajstić information content (AvgIpc) is 4.20. The lowest BCUT2D eigenvalue weighted by molar-refractivity contribution is -0.136. The van der Waals surface area contributed by atoms with Crippen LogP contribution in [0.4, 0.5) is 9.59 Å². The summed E-state index contributed by atoms with van der Waals surface area (Å²) in [5, 5.41) is 5.81. The van der Waals surface area contributed by atoms with Crippen molar-refractivity contribution in [3.8, 4) is 33.9 Å². The van der Waals surface area contributed by atoms with Gasteiger partial charge in [-0.05, 0) is 86.3 Å². The topological polar surface area (TPSA) is 217 Å². The van der Waals surface area contributed by atoms with Gasteiger partial charge < -0.3 is 39.9 Å². The maximum absolute atomic E-state index is 14.0. The van der Waals surface area contributed by atoms with Crippen LogP contribution < -0.4 is 16.2 Å². The Kier molecular flexibility index (Phi) is 12.6. The normalized spacial score (nSPS) is 19.6. The molecule has 2 aliphatic carbocycles. The van der Waals surface area contributed by atoms with Crippen LogP contribution in [-0.2, 0) is 31.9 Å². The molecule has 1 saturated carbocycles. The minimum Gasteiger partial charge on any atom is -0.453 e. The molecule has 5 heterocycles. The molecule has 1 spiro atoms. The molecule has 352 valence electrons. The zero-order valence-electron chi connectivity index (χ0n) is 39.1.